The standard InChI is InChI=1S/C26H24N2O4/c1-17-4-8-21(9-5-17)25(30)28-24(16-19-6-14-23(32-3)15-7-19)26(31)27-22-12-10-20(11-13-22)18(2)29/h4-16H,1-3H3,(H,27,31)(H,28,30). The van der Waals surface area contributed by atoms with Crippen LogP contribution >= 0.6 is 0 Å². The Labute approximate surface area is 186 Å². The molecule has 0 bridgehead atoms. The van der Waals surface area contributed by atoms with Crippen LogP contribution in [-0.4, -0.2) is 24.7 Å². The molecule has 0 unspecified atom stereocenters. The van der Waals surface area contributed by atoms with Crippen LogP contribution in [0.3, 0.4) is 0 Å². The Bertz CT molecular complexity index is 1150. The molecule has 162 valence electrons. The summed E-state index contributed by atoms with van der Waals surface area (Å²) in [5.41, 5.74) is 3.32. The molecule has 32 heavy (non-hydrogen) atoms. The van der Waals surface area contributed by atoms with Gasteiger partial charge in [0.2, 0.25) is 0 Å². The number of aryl methyl sites for hydroxylation is 1. The number of amides is 2. The summed E-state index contributed by atoms with van der Waals surface area (Å²) >= 11 is 0. The van der Waals surface area contributed by atoms with Crippen molar-refractivity contribution in [3.8, 4) is 5.75 Å². The Balaban J connectivity index is 1.86. The summed E-state index contributed by atoms with van der Waals surface area (Å²) in [6, 6.07) is 20.7. The molecule has 0 radical (unpaired) electrons. The monoisotopic (exact) mass is 428 g/mol. The molecule has 0 heterocycles. The number of ketones is 1. The van der Waals surface area contributed by atoms with Crippen LogP contribution in [0.4, 0.5) is 5.69 Å². The summed E-state index contributed by atoms with van der Waals surface area (Å²) < 4.78 is 5.17. The zero-order valence-electron chi connectivity index (χ0n) is 18.1. The van der Waals surface area contributed by atoms with E-state index in [4.69, 9.17) is 4.74 Å². The van der Waals surface area contributed by atoms with Crippen LogP contribution in [-0.2, 0) is 4.79 Å². The van der Waals surface area contributed by atoms with Crippen LogP contribution in [0, 0.1) is 6.92 Å². The number of benzene rings is 3. The maximum absolute atomic E-state index is 13.0. The zero-order chi connectivity index (χ0) is 23.1. The van der Waals surface area contributed by atoms with Gasteiger partial charge >= 0.3 is 0 Å². The van der Waals surface area contributed by atoms with Gasteiger partial charge < -0.3 is 15.4 Å². The fraction of sp³-hybridized carbons (Fsp3) is 0.115. The van der Waals surface area contributed by atoms with Gasteiger partial charge in [0.25, 0.3) is 11.8 Å². The molecule has 6 heteroatoms. The Morgan fingerprint density at radius 1 is 0.812 bits per heavy atom. The first kappa shape index (κ1) is 22.5. The summed E-state index contributed by atoms with van der Waals surface area (Å²) in [5.74, 6) is -0.264. The van der Waals surface area contributed by atoms with E-state index in [-0.39, 0.29) is 11.5 Å². The maximum atomic E-state index is 13.0. The third-order valence-electron chi connectivity index (χ3n) is 4.78. The highest BCUT2D eigenvalue weighted by molar-refractivity contribution is 6.10. The zero-order valence-corrected chi connectivity index (χ0v) is 18.1. The molecule has 3 rings (SSSR count). The molecular formula is C26H24N2O4. The Morgan fingerprint density at radius 3 is 1.97 bits per heavy atom. The van der Waals surface area contributed by atoms with Gasteiger partial charge in [-0.15, -0.1) is 0 Å². The first-order chi connectivity index (χ1) is 15.4. The van der Waals surface area contributed by atoms with E-state index in [1.165, 1.54) is 6.92 Å². The van der Waals surface area contributed by atoms with Crippen LogP contribution in [0.2, 0.25) is 0 Å². The van der Waals surface area contributed by atoms with E-state index in [1.54, 1.807) is 73.8 Å². The molecule has 0 atom stereocenters. The third kappa shape index (κ3) is 5.92. The van der Waals surface area contributed by atoms with Crippen LogP contribution < -0.4 is 15.4 Å². The number of rotatable bonds is 7. The second-order valence-corrected chi connectivity index (χ2v) is 7.24. The van der Waals surface area contributed by atoms with Crippen molar-refractivity contribution in [3.05, 3.63) is 101 Å². The number of anilines is 1. The summed E-state index contributed by atoms with van der Waals surface area (Å²) in [6.45, 7) is 3.41. The topological polar surface area (TPSA) is 84.5 Å². The molecule has 0 aliphatic rings. The van der Waals surface area contributed by atoms with Crippen molar-refractivity contribution in [2.24, 2.45) is 0 Å². The number of Topliss-reactive ketones (excluding diaryl/α,β-unsaturated/α-hetero) is 1. The highest BCUT2D eigenvalue weighted by Crippen LogP contribution is 2.16. The van der Waals surface area contributed by atoms with E-state index in [0.717, 1.165) is 5.56 Å². The largest absolute Gasteiger partial charge is 0.497 e. The fourth-order valence-electron chi connectivity index (χ4n) is 2.91. The summed E-state index contributed by atoms with van der Waals surface area (Å²) in [5, 5.41) is 5.46. The molecule has 0 aliphatic carbocycles. The third-order valence-corrected chi connectivity index (χ3v) is 4.78. The second-order valence-electron chi connectivity index (χ2n) is 7.24. The van der Waals surface area contributed by atoms with Gasteiger partial charge in [-0.05, 0) is 74.0 Å². The van der Waals surface area contributed by atoms with Crippen LogP contribution in [0.5, 0.6) is 5.75 Å². The van der Waals surface area contributed by atoms with E-state index in [1.807, 2.05) is 19.1 Å². The quantitative estimate of drug-likeness (QED) is 0.425. The minimum absolute atomic E-state index is 0.0617. The van der Waals surface area contributed by atoms with Crippen molar-refractivity contribution >= 4 is 29.4 Å². The molecule has 3 aromatic rings. The lowest BCUT2D eigenvalue weighted by molar-refractivity contribution is -0.113. The number of hydrogen-bond acceptors (Lipinski definition) is 4. The second kappa shape index (κ2) is 10.2. The van der Waals surface area contributed by atoms with Crippen molar-refractivity contribution < 1.29 is 19.1 Å². The number of nitrogens with one attached hydrogen (secondary N) is 2. The molecule has 0 aliphatic heterocycles. The minimum Gasteiger partial charge on any atom is -0.497 e. The van der Waals surface area contributed by atoms with E-state index in [0.29, 0.717) is 28.1 Å². The molecule has 2 N–H and O–H groups in total. The Hall–Kier alpha value is -4.19. The average molecular weight is 428 g/mol. The summed E-state index contributed by atoms with van der Waals surface area (Å²) in [4.78, 5) is 37.2. The van der Waals surface area contributed by atoms with Gasteiger partial charge in [0.1, 0.15) is 11.4 Å². The van der Waals surface area contributed by atoms with Crippen LogP contribution in [0.1, 0.15) is 38.8 Å². The minimum atomic E-state index is -0.489. The summed E-state index contributed by atoms with van der Waals surface area (Å²) in [7, 11) is 1.57. The lowest BCUT2D eigenvalue weighted by Gasteiger charge is -2.12. The van der Waals surface area contributed by atoms with Gasteiger partial charge in [0.15, 0.2) is 5.78 Å². The van der Waals surface area contributed by atoms with E-state index < -0.39 is 11.8 Å². The van der Waals surface area contributed by atoms with Gasteiger partial charge in [0, 0.05) is 16.8 Å². The number of ether oxygens (including phenoxy) is 1. The van der Waals surface area contributed by atoms with Crippen LogP contribution in [0.25, 0.3) is 6.08 Å². The molecule has 2 amide bonds. The highest BCUT2D eigenvalue weighted by Gasteiger charge is 2.15. The van der Waals surface area contributed by atoms with Crippen molar-refractivity contribution in [1.82, 2.24) is 5.32 Å². The van der Waals surface area contributed by atoms with Gasteiger partial charge in [0.05, 0.1) is 7.11 Å². The van der Waals surface area contributed by atoms with E-state index in [2.05, 4.69) is 10.6 Å². The number of methoxy groups -OCH3 is 1. The van der Waals surface area contributed by atoms with Gasteiger partial charge in [-0.1, -0.05) is 29.8 Å². The molecule has 0 saturated heterocycles. The van der Waals surface area contributed by atoms with Gasteiger partial charge in [-0.2, -0.15) is 0 Å². The SMILES string of the molecule is COc1ccc(C=C(NC(=O)c2ccc(C)cc2)C(=O)Nc2ccc(C(C)=O)cc2)cc1. The molecule has 0 spiro atoms. The molecule has 6 nitrogen and oxygen atoms in total. The van der Waals surface area contributed by atoms with Crippen LogP contribution in [0.15, 0.2) is 78.5 Å². The summed E-state index contributed by atoms with van der Waals surface area (Å²) in [6.07, 6.45) is 1.59. The maximum Gasteiger partial charge on any atom is 0.272 e. The van der Waals surface area contributed by atoms with Gasteiger partial charge in [-0.25, -0.2) is 0 Å². The molecule has 0 saturated carbocycles. The molecule has 0 aromatic heterocycles. The predicted octanol–water partition coefficient (Wildman–Crippen LogP) is 4.62. The predicted molar refractivity (Wildman–Crippen MR) is 125 cm³/mol. The smallest absolute Gasteiger partial charge is 0.272 e. The number of carbonyl (C=O) groups is 3. The number of carbonyl (C=O) groups excluding carboxylic acids is 3. The first-order valence-corrected chi connectivity index (χ1v) is 10.0. The van der Waals surface area contributed by atoms with Crippen molar-refractivity contribution in [1.29, 1.82) is 0 Å². The normalized spacial score (nSPS) is 10.9. The van der Waals surface area contributed by atoms with E-state index in [9.17, 15) is 14.4 Å². The lowest BCUT2D eigenvalue weighted by atomic mass is 10.1. The van der Waals surface area contributed by atoms with Crippen molar-refractivity contribution in [2.45, 2.75) is 13.8 Å². The van der Waals surface area contributed by atoms with Gasteiger partial charge in [-0.3, -0.25) is 14.4 Å². The Morgan fingerprint density at radius 2 is 1.41 bits per heavy atom. The molecule has 0 fully saturated rings. The first-order valence-electron chi connectivity index (χ1n) is 10.0. The lowest BCUT2D eigenvalue weighted by Crippen LogP contribution is -2.30. The van der Waals surface area contributed by atoms with Crippen molar-refractivity contribution in [2.75, 3.05) is 12.4 Å². The highest BCUT2D eigenvalue weighted by atomic mass is 16.5. The molecular weight excluding hydrogens is 404 g/mol. The van der Waals surface area contributed by atoms with E-state index >= 15 is 0 Å². The van der Waals surface area contributed by atoms with Crippen molar-refractivity contribution in [3.63, 3.8) is 0 Å². The Kier molecular flexibility index (Phi) is 7.18. The number of hydrogen-bond donors (Lipinski definition) is 2. The average Bonchev–Trinajstić information content (AvgIpc) is 2.79. The molecule has 3 aromatic carbocycles. The fourth-order valence-corrected chi connectivity index (χ4v) is 2.91.